The first-order chi connectivity index (χ1) is 9.32. The largest absolute Gasteiger partial charge is 0.460 e. The highest BCUT2D eigenvalue weighted by Gasteiger charge is 2.76. The third-order valence-electron chi connectivity index (χ3n) is 2.24. The lowest BCUT2D eigenvalue weighted by Crippen LogP contribution is -2.57. The molecule has 0 bridgehead atoms. The summed E-state index contributed by atoms with van der Waals surface area (Å²) in [4.78, 5) is 11.1. The Labute approximate surface area is 122 Å². The molecular formula is C10H4Cl2F7NO. The highest BCUT2D eigenvalue weighted by Crippen LogP contribution is 2.47. The molecule has 1 aromatic carbocycles. The number of nitrogens with one attached hydrogen (secondary N) is 1. The van der Waals surface area contributed by atoms with Crippen LogP contribution in [0.1, 0.15) is 0 Å². The first kappa shape index (κ1) is 17.8. The van der Waals surface area contributed by atoms with E-state index in [0.717, 1.165) is 17.4 Å². The summed E-state index contributed by atoms with van der Waals surface area (Å²) < 4.78 is 87.2. The van der Waals surface area contributed by atoms with Gasteiger partial charge < -0.3 is 5.32 Å². The monoisotopic (exact) mass is 357 g/mol. The van der Waals surface area contributed by atoms with E-state index in [4.69, 9.17) is 23.2 Å². The van der Waals surface area contributed by atoms with Crippen molar-refractivity contribution in [3.8, 4) is 0 Å². The maximum atomic E-state index is 13.1. The molecule has 0 fully saturated rings. The van der Waals surface area contributed by atoms with Gasteiger partial charge in [-0.3, -0.25) is 4.79 Å². The zero-order valence-electron chi connectivity index (χ0n) is 9.54. The molecule has 0 heterocycles. The van der Waals surface area contributed by atoms with Crippen LogP contribution in [0, 0.1) is 0 Å². The van der Waals surface area contributed by atoms with Gasteiger partial charge in [-0.2, -0.15) is 30.7 Å². The van der Waals surface area contributed by atoms with Gasteiger partial charge in [0, 0.05) is 0 Å². The van der Waals surface area contributed by atoms with Crippen LogP contribution < -0.4 is 5.32 Å². The van der Waals surface area contributed by atoms with Crippen LogP contribution in [0.5, 0.6) is 0 Å². The van der Waals surface area contributed by atoms with E-state index in [-0.39, 0.29) is 0 Å². The van der Waals surface area contributed by atoms with E-state index in [2.05, 4.69) is 0 Å². The van der Waals surface area contributed by atoms with Gasteiger partial charge in [-0.15, -0.1) is 0 Å². The van der Waals surface area contributed by atoms with Crippen molar-refractivity contribution < 1.29 is 35.5 Å². The van der Waals surface area contributed by atoms with E-state index in [9.17, 15) is 35.5 Å². The van der Waals surface area contributed by atoms with Crippen LogP contribution in [-0.4, -0.2) is 23.9 Å². The number of alkyl halides is 7. The normalized spacial score (nSPS) is 13.2. The Hall–Kier alpha value is -1.22. The van der Waals surface area contributed by atoms with Gasteiger partial charge in [-0.1, -0.05) is 29.3 Å². The maximum Gasteiger partial charge on any atom is 0.460 e. The molecule has 0 atom stereocenters. The van der Waals surface area contributed by atoms with Crippen molar-refractivity contribution in [1.29, 1.82) is 0 Å². The summed E-state index contributed by atoms with van der Waals surface area (Å²) in [6.07, 6.45) is -6.61. The number of carbonyl (C=O) groups is 1. The van der Waals surface area contributed by atoms with Gasteiger partial charge in [0.2, 0.25) is 0 Å². The van der Waals surface area contributed by atoms with Crippen LogP contribution in [0.25, 0.3) is 0 Å². The molecule has 0 unspecified atom stereocenters. The van der Waals surface area contributed by atoms with E-state index in [0.29, 0.717) is 0 Å². The van der Waals surface area contributed by atoms with Gasteiger partial charge in [0.15, 0.2) is 0 Å². The van der Waals surface area contributed by atoms with Gasteiger partial charge in [0.1, 0.15) is 0 Å². The zero-order chi connectivity index (χ0) is 16.6. The fourth-order valence-electron chi connectivity index (χ4n) is 1.13. The zero-order valence-corrected chi connectivity index (χ0v) is 11.1. The molecule has 0 saturated heterocycles. The lowest BCUT2D eigenvalue weighted by Gasteiger charge is -2.27. The van der Waals surface area contributed by atoms with Gasteiger partial charge in [0.25, 0.3) is 0 Å². The van der Waals surface area contributed by atoms with Crippen LogP contribution in [0.4, 0.5) is 36.4 Å². The molecule has 0 aliphatic rings. The highest BCUT2D eigenvalue weighted by molar-refractivity contribution is 6.39. The Balaban J connectivity index is 3.14. The first-order valence-electron chi connectivity index (χ1n) is 4.90. The van der Waals surface area contributed by atoms with E-state index < -0.39 is 39.7 Å². The molecule has 21 heavy (non-hydrogen) atoms. The molecule has 0 aromatic heterocycles. The third kappa shape index (κ3) is 3.18. The van der Waals surface area contributed by atoms with Crippen molar-refractivity contribution in [2.75, 3.05) is 5.32 Å². The molecule has 1 rings (SSSR count). The number of halogens is 9. The molecule has 1 aromatic rings. The number of hydrogen-bond donors (Lipinski definition) is 1. The molecular weight excluding hydrogens is 354 g/mol. The summed E-state index contributed by atoms with van der Waals surface area (Å²) in [5, 5.41) is 0.334. The second-order valence-electron chi connectivity index (χ2n) is 3.70. The maximum absolute atomic E-state index is 13.1. The summed E-state index contributed by atoms with van der Waals surface area (Å²) in [7, 11) is 0. The van der Waals surface area contributed by atoms with Crippen LogP contribution in [0.3, 0.4) is 0 Å². The molecule has 2 nitrogen and oxygen atoms in total. The minimum absolute atomic E-state index is 0.415. The van der Waals surface area contributed by atoms with E-state index in [1.807, 2.05) is 0 Å². The minimum Gasteiger partial charge on any atom is -0.318 e. The van der Waals surface area contributed by atoms with E-state index >= 15 is 0 Å². The van der Waals surface area contributed by atoms with E-state index in [1.165, 1.54) is 6.07 Å². The molecule has 0 spiro atoms. The second-order valence-corrected chi connectivity index (χ2v) is 4.51. The number of amides is 1. The standard InChI is InChI=1S/C10H4Cl2F7NO/c11-4-2-1-3-5(12)6(4)20-7(21)8(13,14)9(15,16)10(17,18)19/h1-3H,(H,20,21). The molecule has 1 N–H and O–H groups in total. The van der Waals surface area contributed by atoms with E-state index in [1.54, 1.807) is 0 Å². The van der Waals surface area contributed by atoms with Crippen LogP contribution in [-0.2, 0) is 4.79 Å². The smallest absolute Gasteiger partial charge is 0.318 e. The van der Waals surface area contributed by atoms with Crippen LogP contribution >= 0.6 is 23.2 Å². The van der Waals surface area contributed by atoms with Crippen molar-refractivity contribution in [3.05, 3.63) is 28.2 Å². The Kier molecular flexibility index (Phi) is 4.69. The molecule has 118 valence electrons. The number of benzene rings is 1. The topological polar surface area (TPSA) is 29.1 Å². The van der Waals surface area contributed by atoms with Gasteiger partial charge >= 0.3 is 23.9 Å². The van der Waals surface area contributed by atoms with Crippen molar-refractivity contribution in [3.63, 3.8) is 0 Å². The molecule has 0 aliphatic carbocycles. The second kappa shape index (κ2) is 5.53. The van der Waals surface area contributed by atoms with Gasteiger partial charge in [-0.05, 0) is 12.1 Å². The fourth-order valence-corrected chi connectivity index (χ4v) is 1.62. The minimum atomic E-state index is -6.61. The average molecular weight is 358 g/mol. The van der Waals surface area contributed by atoms with Gasteiger partial charge in [0.05, 0.1) is 15.7 Å². The predicted octanol–water partition coefficient (Wildman–Crippen LogP) is 4.76. The Morgan fingerprint density at radius 3 is 1.76 bits per heavy atom. The predicted molar refractivity (Wildman–Crippen MR) is 61.0 cm³/mol. The molecule has 0 saturated carbocycles. The van der Waals surface area contributed by atoms with Crippen molar-refractivity contribution in [2.24, 2.45) is 0 Å². The molecule has 11 heteroatoms. The Bertz CT molecular complexity index is 539. The quantitative estimate of drug-likeness (QED) is 0.776. The summed E-state index contributed by atoms with van der Waals surface area (Å²) >= 11 is 10.9. The molecule has 0 aliphatic heterocycles. The van der Waals surface area contributed by atoms with Crippen molar-refractivity contribution in [1.82, 2.24) is 0 Å². The lowest BCUT2D eigenvalue weighted by atomic mass is 10.1. The summed E-state index contributed by atoms with van der Waals surface area (Å²) in [5.74, 6) is -15.5. The Morgan fingerprint density at radius 1 is 0.952 bits per heavy atom. The molecule has 0 radical (unpaired) electrons. The number of rotatable bonds is 3. The number of anilines is 1. The Morgan fingerprint density at radius 2 is 1.38 bits per heavy atom. The van der Waals surface area contributed by atoms with Crippen molar-refractivity contribution in [2.45, 2.75) is 18.0 Å². The number of para-hydroxylation sites is 1. The number of carbonyl (C=O) groups excluding carboxylic acids is 1. The SMILES string of the molecule is O=C(Nc1c(Cl)cccc1Cl)C(F)(F)C(F)(F)C(F)(F)F. The molecule has 1 amide bonds. The van der Waals surface area contributed by atoms with Crippen LogP contribution in [0.15, 0.2) is 18.2 Å². The highest BCUT2D eigenvalue weighted by atomic mass is 35.5. The third-order valence-corrected chi connectivity index (χ3v) is 2.87. The fraction of sp³-hybridized carbons (Fsp3) is 0.300. The summed E-state index contributed by atoms with van der Waals surface area (Å²) in [6.45, 7) is 0. The number of hydrogen-bond acceptors (Lipinski definition) is 1. The van der Waals surface area contributed by atoms with Crippen molar-refractivity contribution >= 4 is 34.8 Å². The summed E-state index contributed by atoms with van der Waals surface area (Å²) in [6, 6.07) is 3.36. The van der Waals surface area contributed by atoms with Gasteiger partial charge in [-0.25, -0.2) is 0 Å². The lowest BCUT2D eigenvalue weighted by molar-refractivity contribution is -0.343. The summed E-state index contributed by atoms with van der Waals surface area (Å²) in [5.41, 5.74) is -0.705. The average Bonchev–Trinajstić information content (AvgIpc) is 2.32. The first-order valence-corrected chi connectivity index (χ1v) is 5.65. The van der Waals surface area contributed by atoms with Crippen LogP contribution in [0.2, 0.25) is 10.0 Å².